The van der Waals surface area contributed by atoms with Crippen LogP contribution in [0.1, 0.15) is 5.56 Å². The van der Waals surface area contributed by atoms with Crippen LogP contribution in [-0.2, 0) is 0 Å². The van der Waals surface area contributed by atoms with Gasteiger partial charge in [-0.2, -0.15) is 0 Å². The Labute approximate surface area is 105 Å². The Morgan fingerprint density at radius 2 is 2.25 bits per heavy atom. The number of hydrogen-bond donors (Lipinski definition) is 0. The first-order valence-electron chi connectivity index (χ1n) is 4.78. The Kier molecular flexibility index (Phi) is 2.29. The number of aromatic nitrogens is 3. The highest BCUT2D eigenvalue weighted by Crippen LogP contribution is 2.25. The molecule has 3 aromatic heterocycles. The van der Waals surface area contributed by atoms with E-state index in [1.807, 2.05) is 28.5 Å². The summed E-state index contributed by atoms with van der Waals surface area (Å²) in [5.74, 6) is 0. The minimum Gasteiger partial charge on any atom is -0.305 e. The summed E-state index contributed by atoms with van der Waals surface area (Å²) < 4.78 is 3.10. The number of hydrogen-bond acceptors (Lipinski definition) is 3. The van der Waals surface area contributed by atoms with Crippen LogP contribution in [0.4, 0.5) is 0 Å². The average Bonchev–Trinajstić information content (AvgIpc) is 2.82. The molecule has 0 aliphatic carbocycles. The lowest BCUT2D eigenvalue weighted by Gasteiger charge is -1.97. The van der Waals surface area contributed by atoms with Crippen LogP contribution in [-0.4, -0.2) is 14.4 Å². The van der Waals surface area contributed by atoms with Crippen molar-refractivity contribution in [1.82, 2.24) is 14.4 Å². The largest absolute Gasteiger partial charge is 0.305 e. The van der Waals surface area contributed by atoms with Gasteiger partial charge in [0.2, 0.25) is 0 Å². The van der Waals surface area contributed by atoms with Crippen molar-refractivity contribution in [3.63, 3.8) is 0 Å². The molecular weight excluding hydrogens is 286 g/mol. The molecule has 16 heavy (non-hydrogen) atoms. The van der Waals surface area contributed by atoms with E-state index in [4.69, 9.17) is 0 Å². The van der Waals surface area contributed by atoms with E-state index in [1.54, 1.807) is 11.3 Å². The zero-order chi connectivity index (χ0) is 11.1. The van der Waals surface area contributed by atoms with Gasteiger partial charge in [0.15, 0.2) is 0 Å². The molecular formula is C11H8BrN3S. The SMILES string of the molecule is Cc1cc(Br)cn2cc(-c3cncs3)nc12. The fourth-order valence-electron chi connectivity index (χ4n) is 1.69. The molecule has 3 rings (SSSR count). The molecule has 3 nitrogen and oxygen atoms in total. The van der Waals surface area contributed by atoms with Crippen LogP contribution in [0.3, 0.4) is 0 Å². The second-order valence-electron chi connectivity index (χ2n) is 3.56. The van der Waals surface area contributed by atoms with Gasteiger partial charge in [0, 0.05) is 23.1 Å². The molecule has 3 aromatic rings. The number of imidazole rings is 1. The first kappa shape index (κ1) is 9.99. The molecule has 0 saturated heterocycles. The lowest BCUT2D eigenvalue weighted by atomic mass is 10.3. The highest BCUT2D eigenvalue weighted by molar-refractivity contribution is 9.10. The van der Waals surface area contributed by atoms with Crippen molar-refractivity contribution in [3.05, 3.63) is 40.2 Å². The zero-order valence-corrected chi connectivity index (χ0v) is 10.9. The van der Waals surface area contributed by atoms with Gasteiger partial charge >= 0.3 is 0 Å². The van der Waals surface area contributed by atoms with E-state index >= 15 is 0 Å². The third kappa shape index (κ3) is 1.56. The topological polar surface area (TPSA) is 30.2 Å². The summed E-state index contributed by atoms with van der Waals surface area (Å²) in [7, 11) is 0. The Balaban J connectivity index is 2.27. The van der Waals surface area contributed by atoms with E-state index in [0.29, 0.717) is 0 Å². The summed E-state index contributed by atoms with van der Waals surface area (Å²) in [6.45, 7) is 2.06. The van der Waals surface area contributed by atoms with E-state index in [9.17, 15) is 0 Å². The van der Waals surface area contributed by atoms with Crippen molar-refractivity contribution in [2.24, 2.45) is 0 Å². The van der Waals surface area contributed by atoms with E-state index in [-0.39, 0.29) is 0 Å². The Bertz CT molecular complexity index is 643. The van der Waals surface area contributed by atoms with Crippen LogP contribution in [0.5, 0.6) is 0 Å². The summed E-state index contributed by atoms with van der Waals surface area (Å²) in [5.41, 5.74) is 4.95. The van der Waals surface area contributed by atoms with Gasteiger partial charge in [-0.1, -0.05) is 0 Å². The van der Waals surface area contributed by atoms with Crippen LogP contribution in [0, 0.1) is 6.92 Å². The Morgan fingerprint density at radius 1 is 1.38 bits per heavy atom. The van der Waals surface area contributed by atoms with Crippen LogP contribution in [0.25, 0.3) is 16.2 Å². The summed E-state index contributed by atoms with van der Waals surface area (Å²) >= 11 is 5.09. The van der Waals surface area contributed by atoms with Gasteiger partial charge < -0.3 is 4.40 Å². The summed E-state index contributed by atoms with van der Waals surface area (Å²) in [6.07, 6.45) is 5.89. The van der Waals surface area contributed by atoms with E-state index in [1.165, 1.54) is 0 Å². The fourth-order valence-corrected chi connectivity index (χ4v) is 2.83. The first-order chi connectivity index (χ1) is 7.74. The second kappa shape index (κ2) is 3.68. The number of pyridine rings is 1. The van der Waals surface area contributed by atoms with Crippen LogP contribution in [0.2, 0.25) is 0 Å². The minimum absolute atomic E-state index is 0.976. The van der Waals surface area contributed by atoms with Gasteiger partial charge in [0.05, 0.1) is 10.4 Å². The molecule has 0 amide bonds. The molecule has 0 radical (unpaired) electrons. The highest BCUT2D eigenvalue weighted by atomic mass is 79.9. The molecule has 80 valence electrons. The first-order valence-corrected chi connectivity index (χ1v) is 6.45. The molecule has 0 spiro atoms. The van der Waals surface area contributed by atoms with Crippen molar-refractivity contribution in [2.45, 2.75) is 6.92 Å². The van der Waals surface area contributed by atoms with Gasteiger partial charge in [-0.25, -0.2) is 4.98 Å². The van der Waals surface area contributed by atoms with Crippen molar-refractivity contribution < 1.29 is 0 Å². The highest BCUT2D eigenvalue weighted by Gasteiger charge is 2.07. The molecule has 0 bridgehead atoms. The predicted octanol–water partition coefficient (Wildman–Crippen LogP) is 3.53. The van der Waals surface area contributed by atoms with Gasteiger partial charge in [0.1, 0.15) is 11.3 Å². The van der Waals surface area contributed by atoms with E-state index < -0.39 is 0 Å². The number of thiazole rings is 1. The fraction of sp³-hybridized carbons (Fsp3) is 0.0909. The van der Waals surface area contributed by atoms with Gasteiger partial charge in [-0.3, -0.25) is 4.98 Å². The maximum atomic E-state index is 4.61. The monoisotopic (exact) mass is 293 g/mol. The number of nitrogens with zero attached hydrogens (tertiary/aromatic N) is 3. The average molecular weight is 294 g/mol. The predicted molar refractivity (Wildman–Crippen MR) is 68.7 cm³/mol. The lowest BCUT2D eigenvalue weighted by Crippen LogP contribution is -1.86. The van der Waals surface area contributed by atoms with Crippen molar-refractivity contribution in [1.29, 1.82) is 0 Å². The number of fused-ring (bicyclic) bond motifs is 1. The maximum absolute atomic E-state index is 4.61. The van der Waals surface area contributed by atoms with Gasteiger partial charge in [-0.15, -0.1) is 11.3 Å². The number of aryl methyl sites for hydroxylation is 1. The third-order valence-corrected chi connectivity index (χ3v) is 3.62. The Morgan fingerprint density at radius 3 is 3.00 bits per heavy atom. The Hall–Kier alpha value is -1.20. The number of halogens is 1. The summed E-state index contributed by atoms with van der Waals surface area (Å²) in [6, 6.07) is 2.07. The van der Waals surface area contributed by atoms with Crippen LogP contribution < -0.4 is 0 Å². The molecule has 5 heteroatoms. The lowest BCUT2D eigenvalue weighted by molar-refractivity contribution is 1.15. The van der Waals surface area contributed by atoms with E-state index in [2.05, 4.69) is 38.9 Å². The molecule has 0 N–H and O–H groups in total. The second-order valence-corrected chi connectivity index (χ2v) is 5.37. The molecule has 0 aliphatic rings. The molecule has 0 unspecified atom stereocenters. The third-order valence-electron chi connectivity index (χ3n) is 2.39. The normalized spacial score (nSPS) is 11.1. The molecule has 0 aliphatic heterocycles. The summed E-state index contributed by atoms with van der Waals surface area (Å²) in [4.78, 5) is 9.77. The summed E-state index contributed by atoms with van der Waals surface area (Å²) in [5, 5.41) is 0. The standard InChI is InChI=1S/C11H8BrN3S/c1-7-2-8(12)4-15-5-9(14-11(7)15)10-3-13-6-16-10/h2-6H,1H3. The molecule has 0 fully saturated rings. The van der Waals surface area contributed by atoms with Gasteiger partial charge in [-0.05, 0) is 34.5 Å². The van der Waals surface area contributed by atoms with Crippen molar-refractivity contribution in [3.8, 4) is 10.6 Å². The maximum Gasteiger partial charge on any atom is 0.140 e. The number of rotatable bonds is 1. The molecule has 0 saturated carbocycles. The van der Waals surface area contributed by atoms with E-state index in [0.717, 1.165) is 26.3 Å². The minimum atomic E-state index is 0.976. The quantitative estimate of drug-likeness (QED) is 0.687. The molecule has 0 aromatic carbocycles. The molecule has 0 atom stereocenters. The van der Waals surface area contributed by atoms with Gasteiger partial charge in [0.25, 0.3) is 0 Å². The van der Waals surface area contributed by atoms with Crippen molar-refractivity contribution >= 4 is 32.9 Å². The van der Waals surface area contributed by atoms with Crippen molar-refractivity contribution in [2.75, 3.05) is 0 Å². The van der Waals surface area contributed by atoms with Crippen LogP contribution >= 0.6 is 27.3 Å². The molecule has 3 heterocycles. The zero-order valence-electron chi connectivity index (χ0n) is 8.51. The van der Waals surface area contributed by atoms with Crippen LogP contribution in [0.15, 0.2) is 34.6 Å². The smallest absolute Gasteiger partial charge is 0.140 e.